The number of aliphatic hydroxyl groups excluding tert-OH is 8. The van der Waals surface area contributed by atoms with Crippen molar-refractivity contribution in [1.29, 1.82) is 0 Å². The number of rotatable bonds is 11. The number of ether oxygens (including phenoxy) is 6. The molecule has 15 atom stereocenters. The molecule has 0 amide bonds. The molecule has 0 bridgehead atoms. The molecular weight excluding hydrogens is 708 g/mol. The van der Waals surface area contributed by atoms with E-state index in [0.717, 1.165) is 6.26 Å². The Bertz CT molecular complexity index is 1680. The third-order valence-corrected chi connectivity index (χ3v) is 10.3. The monoisotopic (exact) mass is 752 g/mol. The van der Waals surface area contributed by atoms with Gasteiger partial charge in [0.15, 0.2) is 6.29 Å². The average molecular weight is 753 g/mol. The molecule has 2 saturated heterocycles. The third kappa shape index (κ3) is 7.40. The van der Waals surface area contributed by atoms with Crippen LogP contribution in [-0.4, -0.2) is 157 Å². The van der Waals surface area contributed by atoms with E-state index in [9.17, 15) is 55.5 Å². The van der Waals surface area contributed by atoms with Gasteiger partial charge < -0.3 is 79.4 Å². The molecule has 1 aromatic carbocycles. The number of carboxylic acids is 1. The third-order valence-electron chi connectivity index (χ3n) is 10.3. The summed E-state index contributed by atoms with van der Waals surface area (Å²) in [6.07, 6.45) is -14.1. The normalized spacial score (nSPS) is 38.7. The molecule has 4 aliphatic heterocycles. The van der Waals surface area contributed by atoms with E-state index in [1.807, 2.05) is 0 Å². The van der Waals surface area contributed by atoms with Gasteiger partial charge in [0.2, 0.25) is 12.6 Å². The Balaban J connectivity index is 1.30. The fraction of sp³-hybridized carbons (Fsp3) is 0.588. The molecule has 19 nitrogen and oxygen atoms in total. The Kier molecular flexibility index (Phi) is 11.7. The Labute approximate surface area is 301 Å². The molecule has 4 aliphatic rings. The minimum absolute atomic E-state index is 0.0336. The molecule has 2 fully saturated rings. The minimum atomic E-state index is -1.74. The highest BCUT2D eigenvalue weighted by molar-refractivity contribution is 5.89. The molecule has 0 spiro atoms. The van der Waals surface area contributed by atoms with Crippen molar-refractivity contribution < 1.29 is 84.0 Å². The van der Waals surface area contributed by atoms with Crippen molar-refractivity contribution in [3.05, 3.63) is 53.9 Å². The molecule has 0 radical (unpaired) electrons. The van der Waals surface area contributed by atoms with Crippen molar-refractivity contribution in [2.75, 3.05) is 20.3 Å². The van der Waals surface area contributed by atoms with Crippen LogP contribution in [0.2, 0.25) is 0 Å². The zero-order valence-electron chi connectivity index (χ0n) is 28.4. The number of carbonyl (C=O) groups excluding carboxylic acids is 1. The number of methoxy groups -OCH3 is 1. The van der Waals surface area contributed by atoms with Crippen molar-refractivity contribution >= 4 is 22.8 Å². The summed E-state index contributed by atoms with van der Waals surface area (Å²) in [5.41, 5.74) is 1.86. The molecule has 5 heterocycles. The lowest BCUT2D eigenvalue weighted by atomic mass is 9.77. The lowest BCUT2D eigenvalue weighted by Crippen LogP contribution is -2.60. The second kappa shape index (κ2) is 16.0. The first-order valence-electron chi connectivity index (χ1n) is 16.9. The van der Waals surface area contributed by atoms with E-state index in [4.69, 9.17) is 28.4 Å². The molecule has 6 rings (SSSR count). The number of aliphatic carboxylic acids is 1. The summed E-state index contributed by atoms with van der Waals surface area (Å²) in [6, 6.07) is 2.97. The zero-order chi connectivity index (χ0) is 38.3. The Morgan fingerprint density at radius 1 is 0.925 bits per heavy atom. The van der Waals surface area contributed by atoms with Crippen molar-refractivity contribution in [2.45, 2.75) is 92.6 Å². The number of aliphatic hydroxyl groups is 8. The van der Waals surface area contributed by atoms with Crippen molar-refractivity contribution in [2.24, 2.45) is 11.8 Å². The topological polar surface area (TPSA) is 299 Å². The molecule has 2 aromatic rings. The summed E-state index contributed by atoms with van der Waals surface area (Å²) in [6.45, 7) is 2.55. The highest BCUT2D eigenvalue weighted by Crippen LogP contribution is 2.43. The standard InChI is InChI=1S/C34H44N2O17/c1-3-13-14(17(31(47)48-2)11-49-32(13)53-34-29(44)27(42)25(40)22(10-38)52-34)7-19-23-16(8-20(35-19)30(45)46)15-6-12(4-5-18(15)36-23)50-33-28(43)26(41)24(39)21(9-37)51-33/h3-6,11,13-14,19-22,24-29,32-44H,1,7-10H2,2H3,(H,45,46). The number of hydrogen-bond acceptors (Lipinski definition) is 17. The van der Waals surface area contributed by atoms with E-state index in [1.165, 1.54) is 13.2 Å². The van der Waals surface area contributed by atoms with Crippen molar-refractivity contribution in [3.8, 4) is 5.75 Å². The van der Waals surface area contributed by atoms with Crippen LogP contribution in [-0.2, 0) is 39.7 Å². The Morgan fingerprint density at radius 3 is 2.17 bits per heavy atom. The average Bonchev–Trinajstić information content (AvgIpc) is 3.53. The van der Waals surface area contributed by atoms with Gasteiger partial charge in [-0.05, 0) is 30.2 Å². The first-order chi connectivity index (χ1) is 25.3. The summed E-state index contributed by atoms with van der Waals surface area (Å²) >= 11 is 0. The van der Waals surface area contributed by atoms with Gasteiger partial charge in [-0.3, -0.25) is 10.1 Å². The van der Waals surface area contributed by atoms with Gasteiger partial charge in [-0.15, -0.1) is 6.58 Å². The summed E-state index contributed by atoms with van der Waals surface area (Å²) in [7, 11) is 1.18. The van der Waals surface area contributed by atoms with Crippen LogP contribution in [0.1, 0.15) is 23.7 Å². The van der Waals surface area contributed by atoms with E-state index < -0.39 is 117 Å². The van der Waals surface area contributed by atoms with Crippen LogP contribution in [0.15, 0.2) is 42.7 Å². The smallest absolute Gasteiger partial charge is 0.337 e. The molecule has 0 aliphatic carbocycles. The predicted molar refractivity (Wildman–Crippen MR) is 175 cm³/mol. The largest absolute Gasteiger partial charge is 0.480 e. The second-order valence-electron chi connectivity index (χ2n) is 13.4. The van der Waals surface area contributed by atoms with Gasteiger partial charge in [-0.2, -0.15) is 0 Å². The molecule has 292 valence electrons. The van der Waals surface area contributed by atoms with Gasteiger partial charge in [-0.25, -0.2) is 4.79 Å². The molecule has 11 N–H and O–H groups in total. The number of benzene rings is 1. The van der Waals surface area contributed by atoms with E-state index >= 15 is 0 Å². The van der Waals surface area contributed by atoms with Gasteiger partial charge >= 0.3 is 11.9 Å². The van der Waals surface area contributed by atoms with Crippen LogP contribution in [0.4, 0.5) is 0 Å². The van der Waals surface area contributed by atoms with E-state index in [-0.39, 0.29) is 24.2 Å². The molecule has 15 unspecified atom stereocenters. The van der Waals surface area contributed by atoms with E-state index in [1.54, 1.807) is 18.2 Å². The van der Waals surface area contributed by atoms with Gasteiger partial charge in [0.05, 0.1) is 32.2 Å². The van der Waals surface area contributed by atoms with E-state index in [2.05, 4.69) is 16.9 Å². The quantitative estimate of drug-likeness (QED) is 0.0806. The first kappa shape index (κ1) is 39.0. The number of H-pyrrole nitrogens is 1. The lowest BCUT2D eigenvalue weighted by Gasteiger charge is -2.43. The zero-order valence-corrected chi connectivity index (χ0v) is 28.4. The van der Waals surface area contributed by atoms with Crippen LogP contribution >= 0.6 is 0 Å². The number of carboxylic acid groups (broad SMARTS) is 1. The SMILES string of the molecule is C=CC1C(OC2OC(CO)C(O)C(O)C2O)OC=C(C(=O)OC)C1CC1NC(C(=O)O)Cc2c1[nH]c1ccc(OC3OC(CO)C(O)C(O)C3O)cc21. The number of aromatic amines is 1. The number of carbonyl (C=O) groups is 2. The summed E-state index contributed by atoms with van der Waals surface area (Å²) in [5, 5.41) is 95.0. The van der Waals surface area contributed by atoms with Crippen molar-refractivity contribution in [3.63, 3.8) is 0 Å². The Hall–Kier alpha value is -3.70. The van der Waals surface area contributed by atoms with Crippen LogP contribution in [0.25, 0.3) is 10.9 Å². The number of fused-ring (bicyclic) bond motifs is 3. The predicted octanol–water partition coefficient (Wildman–Crippen LogP) is -2.98. The molecule has 0 saturated carbocycles. The summed E-state index contributed by atoms with van der Waals surface area (Å²) in [4.78, 5) is 28.8. The molecule has 53 heavy (non-hydrogen) atoms. The minimum Gasteiger partial charge on any atom is -0.480 e. The molecular formula is C34H44N2O17. The maximum atomic E-state index is 13.0. The van der Waals surface area contributed by atoms with Gasteiger partial charge in [0.25, 0.3) is 0 Å². The first-order valence-corrected chi connectivity index (χ1v) is 16.9. The number of hydrogen-bond donors (Lipinski definition) is 11. The van der Waals surface area contributed by atoms with Crippen LogP contribution in [0.3, 0.4) is 0 Å². The van der Waals surface area contributed by atoms with Crippen LogP contribution in [0.5, 0.6) is 5.75 Å². The highest BCUT2D eigenvalue weighted by Gasteiger charge is 2.49. The van der Waals surface area contributed by atoms with Crippen LogP contribution < -0.4 is 10.1 Å². The molecule has 1 aromatic heterocycles. The summed E-state index contributed by atoms with van der Waals surface area (Å²) in [5.74, 6) is -3.39. The van der Waals surface area contributed by atoms with Gasteiger partial charge in [-0.1, -0.05) is 6.08 Å². The number of nitrogens with one attached hydrogen (secondary N) is 2. The van der Waals surface area contributed by atoms with Crippen LogP contribution in [0, 0.1) is 11.8 Å². The fourth-order valence-electron chi connectivity index (χ4n) is 7.35. The molecule has 19 heteroatoms. The van der Waals surface area contributed by atoms with E-state index in [0.29, 0.717) is 22.2 Å². The van der Waals surface area contributed by atoms with Gasteiger partial charge in [0.1, 0.15) is 60.6 Å². The Morgan fingerprint density at radius 2 is 1.57 bits per heavy atom. The second-order valence-corrected chi connectivity index (χ2v) is 13.4. The number of esters is 1. The maximum Gasteiger partial charge on any atom is 0.337 e. The fourth-order valence-corrected chi connectivity index (χ4v) is 7.35. The highest BCUT2D eigenvalue weighted by atomic mass is 16.8. The van der Waals surface area contributed by atoms with Gasteiger partial charge in [0, 0.05) is 40.9 Å². The number of aromatic nitrogens is 1. The summed E-state index contributed by atoms with van der Waals surface area (Å²) < 4.78 is 33.5. The van der Waals surface area contributed by atoms with Crippen molar-refractivity contribution in [1.82, 2.24) is 10.3 Å². The lowest BCUT2D eigenvalue weighted by molar-refractivity contribution is -0.339. The maximum absolute atomic E-state index is 13.0.